The van der Waals surface area contributed by atoms with Gasteiger partial charge < -0.3 is 19.0 Å². The van der Waals surface area contributed by atoms with E-state index >= 15 is 0 Å². The zero-order chi connectivity index (χ0) is 57.0. The van der Waals surface area contributed by atoms with E-state index in [0.717, 1.165) is 74.3 Å². The van der Waals surface area contributed by atoms with Gasteiger partial charge in [-0.05, 0) is 164 Å². The summed E-state index contributed by atoms with van der Waals surface area (Å²) < 4.78 is 9.99. The van der Waals surface area contributed by atoms with Crippen LogP contribution in [0.3, 0.4) is 0 Å². The molecule has 4 nitrogen and oxygen atoms in total. The first-order chi connectivity index (χ1) is 39.0. The fraction of sp³-hybridized carbons (Fsp3) is 0.263. The van der Waals surface area contributed by atoms with Gasteiger partial charge in [0.15, 0.2) is 0 Å². The van der Waals surface area contributed by atoms with Crippen molar-refractivity contribution in [3.8, 4) is 22.3 Å². The quantitative estimate of drug-likeness (QED) is 0.155. The highest BCUT2D eigenvalue weighted by Crippen LogP contribution is 2.56. The highest BCUT2D eigenvalue weighted by atomic mass is 32.1. The molecule has 0 fully saturated rings. The lowest BCUT2D eigenvalue weighted by Crippen LogP contribution is -2.60. The molecule has 0 atom stereocenters. The number of benzene rings is 9. The van der Waals surface area contributed by atoms with Crippen LogP contribution in [0, 0.1) is 0 Å². The number of fused-ring (bicyclic) bond motifs is 11. The van der Waals surface area contributed by atoms with Gasteiger partial charge in [-0.25, -0.2) is 0 Å². The van der Waals surface area contributed by atoms with E-state index in [4.69, 9.17) is 4.42 Å². The summed E-state index contributed by atoms with van der Waals surface area (Å²) in [5, 5.41) is 3.48. The summed E-state index contributed by atoms with van der Waals surface area (Å²) in [5.41, 5.74) is 23.7. The molecule has 4 heterocycles. The molecule has 11 aromatic rings. The van der Waals surface area contributed by atoms with Crippen molar-refractivity contribution >= 4 is 106 Å². The topological polar surface area (TPSA) is 22.9 Å². The van der Waals surface area contributed by atoms with Gasteiger partial charge >= 0.3 is 6.85 Å². The Labute approximate surface area is 490 Å². The van der Waals surface area contributed by atoms with Crippen LogP contribution in [-0.4, -0.2) is 6.85 Å². The number of hydrogen-bond acceptors (Lipinski definition) is 5. The third-order valence-corrected chi connectivity index (χ3v) is 19.8. The van der Waals surface area contributed by atoms with Crippen molar-refractivity contribution in [1.82, 2.24) is 0 Å². The first-order valence-corrected chi connectivity index (χ1v) is 30.5. The van der Waals surface area contributed by atoms with Gasteiger partial charge in [-0.2, -0.15) is 0 Å². The smallest absolute Gasteiger partial charge is 0.343 e. The molecule has 0 unspecified atom stereocenters. The number of hydrogen-bond donors (Lipinski definition) is 0. The first-order valence-electron chi connectivity index (χ1n) is 29.6. The van der Waals surface area contributed by atoms with Gasteiger partial charge in [-0.15, -0.1) is 11.3 Å². The van der Waals surface area contributed by atoms with Crippen molar-refractivity contribution in [3.05, 3.63) is 216 Å². The van der Waals surface area contributed by atoms with Crippen LogP contribution in [-0.2, 0) is 27.1 Å². The third kappa shape index (κ3) is 8.29. The zero-order valence-corrected chi connectivity index (χ0v) is 50.9. The normalized spacial score (nSPS) is 15.4. The van der Waals surface area contributed by atoms with E-state index in [1.165, 1.54) is 76.3 Å². The minimum absolute atomic E-state index is 0.00330. The fourth-order valence-corrected chi connectivity index (χ4v) is 15.0. The maximum atomic E-state index is 7.40. The van der Waals surface area contributed by atoms with Crippen LogP contribution in [0.1, 0.15) is 131 Å². The van der Waals surface area contributed by atoms with Crippen LogP contribution in [0.5, 0.6) is 0 Å². The summed E-state index contributed by atoms with van der Waals surface area (Å²) in [6, 6.07) is 71.9. The van der Waals surface area contributed by atoms with Gasteiger partial charge in [-0.1, -0.05) is 193 Å². The van der Waals surface area contributed by atoms with E-state index < -0.39 is 0 Å². The van der Waals surface area contributed by atoms with Crippen LogP contribution in [0.4, 0.5) is 45.5 Å². The Morgan fingerprint density at radius 3 is 1.84 bits per heavy atom. The Morgan fingerprint density at radius 2 is 1.11 bits per heavy atom. The molecule has 1 aliphatic carbocycles. The van der Waals surface area contributed by atoms with Crippen molar-refractivity contribution in [2.75, 3.05) is 14.6 Å². The fourth-order valence-electron chi connectivity index (χ4n) is 13.7. The van der Waals surface area contributed by atoms with Crippen molar-refractivity contribution in [2.24, 2.45) is 0 Å². The molecule has 2 aliphatic heterocycles. The monoisotopic (exact) mass is 1090 g/mol. The second-order valence-electron chi connectivity index (χ2n) is 28.1. The molecule has 9 aromatic carbocycles. The Bertz CT molecular complexity index is 4370. The molecule has 2 aromatic heterocycles. The van der Waals surface area contributed by atoms with Gasteiger partial charge in [0.2, 0.25) is 0 Å². The average molecular weight is 1090 g/mol. The molecule has 6 heteroatoms. The molecule has 0 saturated heterocycles. The molecule has 3 aliphatic rings. The highest BCUT2D eigenvalue weighted by Gasteiger charge is 2.49. The molecule has 408 valence electrons. The molecule has 0 amide bonds. The molecular weight excluding hydrogens is 1010 g/mol. The Balaban J connectivity index is 1.13. The minimum atomic E-state index is -0.207. The summed E-state index contributed by atoms with van der Waals surface area (Å²) in [6.45, 7) is 30.4. The predicted octanol–water partition coefficient (Wildman–Crippen LogP) is 20.9. The number of rotatable bonds is 6. The van der Waals surface area contributed by atoms with Crippen LogP contribution < -0.4 is 24.9 Å². The maximum absolute atomic E-state index is 7.40. The third-order valence-electron chi connectivity index (χ3n) is 18.6. The number of para-hydroxylation sites is 1. The molecule has 14 rings (SSSR count). The van der Waals surface area contributed by atoms with Crippen molar-refractivity contribution in [2.45, 2.75) is 130 Å². The summed E-state index contributed by atoms with van der Waals surface area (Å²) in [4.78, 5) is 7.87. The molecule has 0 spiro atoms. The molecule has 0 N–H and O–H groups in total. The van der Waals surface area contributed by atoms with E-state index in [9.17, 15) is 0 Å². The summed E-state index contributed by atoms with van der Waals surface area (Å²) in [6.07, 6.45) is 2.29. The lowest BCUT2D eigenvalue weighted by molar-refractivity contribution is 0.332. The number of furan rings is 1. The van der Waals surface area contributed by atoms with E-state index in [0.29, 0.717) is 0 Å². The zero-order valence-electron chi connectivity index (χ0n) is 50.0. The SMILES string of the molecule is CC(C)(C)c1ccc(N(c2cccc(C(C)(C)C)c2)c2ccc3c(c2)-c2c4c(cc5c2oc2ccccc25)N(c2ccc(C(C)(C)C)cc2-c2ccccc2)c2c(sc5ccccc25)B4N3c2ccc3c(c2)C(C)(C)CCC3(C)C)cc1. The Hall–Kier alpha value is -7.80. The minimum Gasteiger partial charge on any atom is -0.455 e. The number of anilines is 8. The second kappa shape index (κ2) is 18.4. The molecule has 0 radical (unpaired) electrons. The predicted molar refractivity (Wildman–Crippen MR) is 354 cm³/mol. The summed E-state index contributed by atoms with van der Waals surface area (Å²) in [7, 11) is 0. The van der Waals surface area contributed by atoms with Gasteiger partial charge in [0.05, 0.1) is 11.4 Å². The number of thiophene rings is 1. The summed E-state index contributed by atoms with van der Waals surface area (Å²) >= 11 is 1.94. The molecular formula is C76H74BN3OS. The van der Waals surface area contributed by atoms with Crippen LogP contribution in [0.15, 0.2) is 192 Å². The van der Waals surface area contributed by atoms with Gasteiger partial charge in [0.1, 0.15) is 11.2 Å². The van der Waals surface area contributed by atoms with Crippen molar-refractivity contribution in [1.29, 1.82) is 0 Å². The van der Waals surface area contributed by atoms with Crippen LogP contribution in [0.2, 0.25) is 0 Å². The molecule has 0 saturated carbocycles. The van der Waals surface area contributed by atoms with E-state index in [1.54, 1.807) is 0 Å². The first kappa shape index (κ1) is 52.3. The van der Waals surface area contributed by atoms with Crippen LogP contribution >= 0.6 is 11.3 Å². The van der Waals surface area contributed by atoms with Gasteiger partial charge in [0, 0.05) is 76.4 Å². The van der Waals surface area contributed by atoms with E-state index in [2.05, 4.69) is 293 Å². The second-order valence-corrected chi connectivity index (χ2v) is 29.1. The lowest BCUT2D eigenvalue weighted by atomic mass is 9.46. The van der Waals surface area contributed by atoms with Crippen molar-refractivity contribution < 1.29 is 4.42 Å². The lowest BCUT2D eigenvalue weighted by Gasteiger charge is -2.46. The highest BCUT2D eigenvalue weighted by molar-refractivity contribution is 7.32. The summed E-state index contributed by atoms with van der Waals surface area (Å²) in [5.74, 6) is 0. The number of nitrogens with zero attached hydrogens (tertiary/aromatic N) is 3. The Morgan fingerprint density at radius 1 is 0.488 bits per heavy atom. The van der Waals surface area contributed by atoms with Gasteiger partial charge in [-0.3, -0.25) is 0 Å². The molecule has 82 heavy (non-hydrogen) atoms. The standard InChI is InChI=1S/C76H74BN3OS/c1-72(2,3)48-30-33-51(34-31-48)78(52-25-21-24-49(42-52)73(4,5)6)53-36-39-63-59(44-53)67-68-64(46-58-55-26-17-19-28-65(55)81-70(58)67)79(62-38-32-50(74(7,8)9)43-57(62)47-22-15-14-16-23-47)69-56-27-18-20-29-66(56)82-71(69)77(68)80(63)54-35-37-60-61(45-54)76(12,13)41-40-75(60,10)11/h14-39,42-46H,40-41H2,1-13H3. The van der Waals surface area contributed by atoms with Crippen LogP contribution in [0.25, 0.3) is 54.3 Å². The average Bonchev–Trinajstić information content (AvgIpc) is 1.44. The van der Waals surface area contributed by atoms with E-state index in [1.807, 2.05) is 11.3 Å². The largest absolute Gasteiger partial charge is 0.455 e. The van der Waals surface area contributed by atoms with Gasteiger partial charge in [0.25, 0.3) is 0 Å². The Kier molecular flexibility index (Phi) is 11.7. The maximum Gasteiger partial charge on any atom is 0.343 e. The van der Waals surface area contributed by atoms with Crippen molar-refractivity contribution in [3.63, 3.8) is 0 Å². The van der Waals surface area contributed by atoms with E-state index in [-0.39, 0.29) is 33.9 Å². The molecule has 0 bridgehead atoms.